The fourth-order valence-electron chi connectivity index (χ4n) is 1.87. The average molecular weight is 305 g/mol. The van der Waals surface area contributed by atoms with Crippen LogP contribution in [0, 0.1) is 6.92 Å². The largest absolute Gasteiger partial charge is 0.405 e. The fraction of sp³-hybridized carbons (Fsp3) is 0.250. The van der Waals surface area contributed by atoms with Crippen LogP contribution in [0.25, 0.3) is 0 Å². The van der Waals surface area contributed by atoms with E-state index < -0.39 is 7.75 Å². The minimum atomic E-state index is -3.30. The van der Waals surface area contributed by atoms with E-state index in [9.17, 15) is 4.57 Å². The van der Waals surface area contributed by atoms with Crippen LogP contribution in [0.4, 0.5) is 0 Å². The minimum absolute atomic E-state index is 0.250. The molecular weight excluding hydrogens is 285 g/mol. The molecule has 4 nitrogen and oxygen atoms in total. The Morgan fingerprint density at radius 1 is 1.05 bits per heavy atom. The van der Waals surface area contributed by atoms with E-state index in [-0.39, 0.29) is 6.61 Å². The Labute approximate surface area is 125 Å². The summed E-state index contributed by atoms with van der Waals surface area (Å²) in [5.41, 5.74) is 3.12. The van der Waals surface area contributed by atoms with Crippen LogP contribution in [0.2, 0.25) is 0 Å². The molecular formula is C16H20NO3P. The van der Waals surface area contributed by atoms with Crippen molar-refractivity contribution < 1.29 is 13.6 Å². The molecule has 0 aromatic heterocycles. The van der Waals surface area contributed by atoms with Crippen molar-refractivity contribution in [1.29, 1.82) is 0 Å². The van der Waals surface area contributed by atoms with Gasteiger partial charge in [-0.2, -0.15) is 0 Å². The summed E-state index contributed by atoms with van der Waals surface area (Å²) in [4.78, 5) is 0. The number of nitrogens with one attached hydrogen (secondary N) is 1. The molecule has 0 heterocycles. The monoisotopic (exact) mass is 305 g/mol. The topological polar surface area (TPSA) is 47.6 Å². The predicted octanol–water partition coefficient (Wildman–Crippen LogP) is 4.06. The average Bonchev–Trinajstić information content (AvgIpc) is 2.53. The van der Waals surface area contributed by atoms with Gasteiger partial charge < -0.3 is 4.52 Å². The molecule has 0 saturated carbocycles. The molecule has 1 unspecified atom stereocenters. The lowest BCUT2D eigenvalue weighted by molar-refractivity contribution is 0.215. The Bertz CT molecular complexity index is 616. The van der Waals surface area contributed by atoms with Gasteiger partial charge in [0.15, 0.2) is 0 Å². The summed E-state index contributed by atoms with van der Waals surface area (Å²) >= 11 is 0. The summed E-state index contributed by atoms with van der Waals surface area (Å²) in [5.74, 6) is 0. The number of aryl methyl sites for hydroxylation is 1. The normalized spacial score (nSPS) is 13.8. The molecule has 2 aromatic rings. The van der Waals surface area contributed by atoms with E-state index in [4.69, 9.17) is 9.05 Å². The molecule has 0 aliphatic rings. The summed E-state index contributed by atoms with van der Waals surface area (Å²) in [7, 11) is -1.92. The fourth-order valence-corrected chi connectivity index (χ4v) is 2.88. The van der Waals surface area contributed by atoms with Gasteiger partial charge in [0.2, 0.25) is 0 Å². The SMILES string of the molecule is COP(=O)(NCc1ccccc1)OCc1ccccc1C. The molecule has 0 aliphatic heterocycles. The molecule has 5 heteroatoms. The molecule has 0 amide bonds. The highest BCUT2D eigenvalue weighted by Crippen LogP contribution is 2.44. The maximum absolute atomic E-state index is 12.5. The van der Waals surface area contributed by atoms with Gasteiger partial charge in [0.05, 0.1) is 6.61 Å². The summed E-state index contributed by atoms with van der Waals surface area (Å²) in [5, 5.41) is 2.86. The predicted molar refractivity (Wildman–Crippen MR) is 83.9 cm³/mol. The number of benzene rings is 2. The van der Waals surface area contributed by atoms with Crippen molar-refractivity contribution in [2.45, 2.75) is 20.1 Å². The van der Waals surface area contributed by atoms with Gasteiger partial charge in [-0.15, -0.1) is 0 Å². The third-order valence-corrected chi connectivity index (χ3v) is 4.71. The first-order valence-corrected chi connectivity index (χ1v) is 8.31. The molecule has 0 fully saturated rings. The van der Waals surface area contributed by atoms with Gasteiger partial charge in [-0.25, -0.2) is 9.65 Å². The molecule has 2 aromatic carbocycles. The van der Waals surface area contributed by atoms with E-state index in [0.29, 0.717) is 6.54 Å². The molecule has 0 radical (unpaired) electrons. The minimum Gasteiger partial charge on any atom is -0.300 e. The second-order valence-electron chi connectivity index (χ2n) is 4.70. The molecule has 2 rings (SSSR count). The Morgan fingerprint density at radius 2 is 1.71 bits per heavy atom. The highest BCUT2D eigenvalue weighted by Gasteiger charge is 2.22. The van der Waals surface area contributed by atoms with Gasteiger partial charge in [-0.3, -0.25) is 4.52 Å². The van der Waals surface area contributed by atoms with E-state index in [1.807, 2.05) is 61.5 Å². The van der Waals surface area contributed by atoms with Crippen LogP contribution in [-0.4, -0.2) is 7.11 Å². The molecule has 1 atom stereocenters. The summed E-state index contributed by atoms with van der Waals surface area (Å²) in [6.45, 7) is 2.67. The molecule has 0 bridgehead atoms. The number of rotatable bonds is 7. The van der Waals surface area contributed by atoms with Crippen LogP contribution < -0.4 is 5.09 Å². The second-order valence-corrected chi connectivity index (χ2v) is 6.63. The van der Waals surface area contributed by atoms with Crippen molar-refractivity contribution in [2.75, 3.05) is 7.11 Å². The Balaban J connectivity index is 1.95. The zero-order valence-corrected chi connectivity index (χ0v) is 13.2. The van der Waals surface area contributed by atoms with Crippen molar-refractivity contribution in [3.63, 3.8) is 0 Å². The molecule has 0 spiro atoms. The third kappa shape index (κ3) is 4.80. The highest BCUT2D eigenvalue weighted by atomic mass is 31.2. The zero-order chi connectivity index (χ0) is 15.1. The standard InChI is InChI=1S/C16H20NO3P/c1-14-8-6-7-11-16(14)13-20-21(18,19-2)17-12-15-9-4-3-5-10-15/h3-11H,12-13H2,1-2H3,(H,17,18). The van der Waals surface area contributed by atoms with Gasteiger partial charge >= 0.3 is 7.75 Å². The van der Waals surface area contributed by atoms with Crippen molar-refractivity contribution in [3.8, 4) is 0 Å². The van der Waals surface area contributed by atoms with E-state index in [0.717, 1.165) is 16.7 Å². The third-order valence-electron chi connectivity index (χ3n) is 3.21. The van der Waals surface area contributed by atoms with Gasteiger partial charge in [0.25, 0.3) is 0 Å². The molecule has 21 heavy (non-hydrogen) atoms. The lowest BCUT2D eigenvalue weighted by Gasteiger charge is -2.18. The van der Waals surface area contributed by atoms with Gasteiger partial charge in [0, 0.05) is 13.7 Å². The van der Waals surface area contributed by atoms with Gasteiger partial charge in [0.1, 0.15) is 0 Å². The Morgan fingerprint density at radius 3 is 2.38 bits per heavy atom. The van der Waals surface area contributed by atoms with Crippen LogP contribution in [0.5, 0.6) is 0 Å². The van der Waals surface area contributed by atoms with E-state index >= 15 is 0 Å². The Hall–Kier alpha value is -1.45. The van der Waals surface area contributed by atoms with E-state index in [1.165, 1.54) is 7.11 Å². The van der Waals surface area contributed by atoms with Crippen LogP contribution in [0.15, 0.2) is 54.6 Å². The summed E-state index contributed by atoms with van der Waals surface area (Å²) in [6, 6.07) is 17.5. The Kier molecular flexibility index (Phi) is 5.71. The van der Waals surface area contributed by atoms with E-state index in [2.05, 4.69) is 5.09 Å². The molecule has 112 valence electrons. The first-order valence-electron chi connectivity index (χ1n) is 6.77. The lowest BCUT2D eigenvalue weighted by atomic mass is 10.1. The van der Waals surface area contributed by atoms with Crippen LogP contribution in [0.1, 0.15) is 16.7 Å². The highest BCUT2D eigenvalue weighted by molar-refractivity contribution is 7.51. The smallest absolute Gasteiger partial charge is 0.300 e. The quantitative estimate of drug-likeness (QED) is 0.784. The number of hydrogen-bond donors (Lipinski definition) is 1. The van der Waals surface area contributed by atoms with Crippen molar-refractivity contribution >= 4 is 7.75 Å². The van der Waals surface area contributed by atoms with Crippen LogP contribution in [-0.2, 0) is 26.8 Å². The maximum Gasteiger partial charge on any atom is 0.405 e. The van der Waals surface area contributed by atoms with E-state index in [1.54, 1.807) is 0 Å². The van der Waals surface area contributed by atoms with Gasteiger partial charge in [-0.1, -0.05) is 54.6 Å². The molecule has 0 aliphatic carbocycles. The lowest BCUT2D eigenvalue weighted by Crippen LogP contribution is -2.13. The summed E-state index contributed by atoms with van der Waals surface area (Å²) < 4.78 is 23.0. The van der Waals surface area contributed by atoms with Crippen LogP contribution in [0.3, 0.4) is 0 Å². The zero-order valence-electron chi connectivity index (χ0n) is 12.3. The molecule has 0 saturated heterocycles. The second kappa shape index (κ2) is 7.53. The first kappa shape index (κ1) is 15.9. The summed E-state index contributed by atoms with van der Waals surface area (Å²) in [6.07, 6.45) is 0. The first-order chi connectivity index (χ1) is 10.1. The van der Waals surface area contributed by atoms with Crippen LogP contribution >= 0.6 is 7.75 Å². The van der Waals surface area contributed by atoms with Gasteiger partial charge in [-0.05, 0) is 23.6 Å². The molecule has 1 N–H and O–H groups in total. The van der Waals surface area contributed by atoms with Crippen molar-refractivity contribution in [1.82, 2.24) is 5.09 Å². The van der Waals surface area contributed by atoms with Crippen molar-refractivity contribution in [3.05, 3.63) is 71.3 Å². The van der Waals surface area contributed by atoms with Crippen molar-refractivity contribution in [2.24, 2.45) is 0 Å². The maximum atomic E-state index is 12.5. The number of hydrogen-bond acceptors (Lipinski definition) is 3.